The summed E-state index contributed by atoms with van der Waals surface area (Å²) in [4.78, 5) is 31.2. The van der Waals surface area contributed by atoms with Gasteiger partial charge in [-0.15, -0.1) is 0 Å². The van der Waals surface area contributed by atoms with Crippen LogP contribution in [0.25, 0.3) is 6.08 Å². The molecular weight excluding hydrogens is 384 g/mol. The van der Waals surface area contributed by atoms with E-state index in [-0.39, 0.29) is 12.2 Å². The first-order valence-electron chi connectivity index (χ1n) is 9.40. The molecule has 1 aliphatic heterocycles. The number of allylic oxidation sites excluding steroid dienone is 1. The van der Waals surface area contributed by atoms with Crippen LogP contribution >= 0.6 is 11.3 Å². The largest absolute Gasteiger partial charge is 0.463 e. The van der Waals surface area contributed by atoms with E-state index in [1.807, 2.05) is 66.7 Å². The molecule has 5 nitrogen and oxygen atoms in total. The maximum atomic E-state index is 13.3. The molecule has 4 rings (SSSR count). The van der Waals surface area contributed by atoms with Crippen LogP contribution in [0.15, 0.2) is 81.7 Å². The van der Waals surface area contributed by atoms with Crippen LogP contribution in [0.4, 0.5) is 0 Å². The molecule has 0 bridgehead atoms. The second-order valence-corrected chi connectivity index (χ2v) is 7.63. The Morgan fingerprint density at radius 1 is 1.14 bits per heavy atom. The topological polar surface area (TPSA) is 60.7 Å². The molecule has 0 spiro atoms. The van der Waals surface area contributed by atoms with Gasteiger partial charge < -0.3 is 4.74 Å². The van der Waals surface area contributed by atoms with Gasteiger partial charge in [0.15, 0.2) is 4.80 Å². The van der Waals surface area contributed by atoms with Crippen molar-refractivity contribution in [3.8, 4) is 0 Å². The first kappa shape index (κ1) is 19.1. The van der Waals surface area contributed by atoms with E-state index >= 15 is 0 Å². The standard InChI is InChI=1S/C23H20N2O3S/c1-3-28-22(27)19-15(2)24-23-25(20(19)17-12-8-5-9-13-17)21(26)18(29-23)14-16-10-6-4-7-11-16/h4-14,20H,3H2,1-2H3. The molecule has 1 aromatic heterocycles. The third-order valence-electron chi connectivity index (χ3n) is 4.73. The summed E-state index contributed by atoms with van der Waals surface area (Å²) in [6, 6.07) is 18.6. The number of rotatable bonds is 4. The van der Waals surface area contributed by atoms with Crippen LogP contribution in [0.2, 0.25) is 0 Å². The maximum Gasteiger partial charge on any atom is 0.338 e. The molecule has 6 heteroatoms. The third-order valence-corrected chi connectivity index (χ3v) is 5.71. The summed E-state index contributed by atoms with van der Waals surface area (Å²) < 4.78 is 7.47. The number of hydrogen-bond acceptors (Lipinski definition) is 5. The number of nitrogens with zero attached hydrogens (tertiary/aromatic N) is 2. The zero-order valence-electron chi connectivity index (χ0n) is 16.2. The Hall–Kier alpha value is -3.25. The Morgan fingerprint density at radius 2 is 1.79 bits per heavy atom. The fourth-order valence-corrected chi connectivity index (χ4v) is 4.49. The fourth-order valence-electron chi connectivity index (χ4n) is 3.44. The zero-order chi connectivity index (χ0) is 20.4. The molecule has 2 aromatic carbocycles. The van der Waals surface area contributed by atoms with Gasteiger partial charge in [-0.2, -0.15) is 0 Å². The van der Waals surface area contributed by atoms with Crippen LogP contribution in [0.5, 0.6) is 0 Å². The number of aromatic nitrogens is 1. The van der Waals surface area contributed by atoms with E-state index in [4.69, 9.17) is 4.74 Å². The highest BCUT2D eigenvalue weighted by Crippen LogP contribution is 2.30. The lowest BCUT2D eigenvalue weighted by molar-refractivity contribution is -0.139. The lowest BCUT2D eigenvalue weighted by atomic mass is 9.96. The van der Waals surface area contributed by atoms with Crippen molar-refractivity contribution in [2.45, 2.75) is 19.9 Å². The minimum absolute atomic E-state index is 0.166. The van der Waals surface area contributed by atoms with Crippen LogP contribution in [-0.4, -0.2) is 17.1 Å². The second kappa shape index (κ2) is 8.01. The average Bonchev–Trinajstić information content (AvgIpc) is 3.03. The van der Waals surface area contributed by atoms with Crippen molar-refractivity contribution in [3.63, 3.8) is 0 Å². The zero-order valence-corrected chi connectivity index (χ0v) is 17.0. The number of esters is 1. The Bertz CT molecular complexity index is 1250. The number of ether oxygens (including phenoxy) is 1. The maximum absolute atomic E-state index is 13.3. The van der Waals surface area contributed by atoms with E-state index < -0.39 is 12.0 Å². The minimum atomic E-state index is -0.565. The van der Waals surface area contributed by atoms with E-state index in [0.717, 1.165) is 11.1 Å². The smallest absolute Gasteiger partial charge is 0.338 e. The van der Waals surface area contributed by atoms with Crippen LogP contribution in [0.3, 0.4) is 0 Å². The Kier molecular flexibility index (Phi) is 5.27. The Balaban J connectivity index is 1.96. The number of hydrogen-bond donors (Lipinski definition) is 0. The van der Waals surface area contributed by atoms with Crippen molar-refractivity contribution in [3.05, 3.63) is 103 Å². The predicted octanol–water partition coefficient (Wildman–Crippen LogP) is 2.80. The SMILES string of the molecule is CCOC(=O)C1=C(C)N=c2sc(=Cc3ccccc3)c(=O)n2C1c1ccccc1. The molecule has 2 heterocycles. The first-order chi connectivity index (χ1) is 14.1. The fraction of sp³-hybridized carbons (Fsp3) is 0.174. The summed E-state index contributed by atoms with van der Waals surface area (Å²) >= 11 is 1.33. The molecule has 0 radical (unpaired) electrons. The van der Waals surface area contributed by atoms with Gasteiger partial charge in [-0.3, -0.25) is 9.36 Å². The molecular formula is C23H20N2O3S. The Labute approximate surface area is 171 Å². The number of thiazole rings is 1. The summed E-state index contributed by atoms with van der Waals surface area (Å²) in [5.74, 6) is -0.444. The van der Waals surface area contributed by atoms with Gasteiger partial charge in [0, 0.05) is 0 Å². The van der Waals surface area contributed by atoms with Crippen molar-refractivity contribution < 1.29 is 9.53 Å². The van der Waals surface area contributed by atoms with Gasteiger partial charge in [0.05, 0.1) is 28.5 Å². The molecule has 3 aromatic rings. The van der Waals surface area contributed by atoms with Gasteiger partial charge in [0.1, 0.15) is 0 Å². The normalized spacial score (nSPS) is 16.3. The quantitative estimate of drug-likeness (QED) is 0.629. The Morgan fingerprint density at radius 3 is 2.45 bits per heavy atom. The monoisotopic (exact) mass is 404 g/mol. The molecule has 146 valence electrons. The number of fused-ring (bicyclic) bond motifs is 1. The van der Waals surface area contributed by atoms with Gasteiger partial charge in [-0.1, -0.05) is 72.0 Å². The molecule has 0 N–H and O–H groups in total. The molecule has 1 atom stereocenters. The van der Waals surface area contributed by atoms with Crippen molar-refractivity contribution >= 4 is 23.4 Å². The van der Waals surface area contributed by atoms with Gasteiger partial charge >= 0.3 is 5.97 Å². The molecule has 0 saturated heterocycles. The highest BCUT2D eigenvalue weighted by molar-refractivity contribution is 7.07. The summed E-state index contributed by atoms with van der Waals surface area (Å²) in [6.07, 6.45) is 1.86. The molecule has 29 heavy (non-hydrogen) atoms. The van der Waals surface area contributed by atoms with Crippen molar-refractivity contribution in [1.29, 1.82) is 0 Å². The van der Waals surface area contributed by atoms with E-state index in [9.17, 15) is 9.59 Å². The van der Waals surface area contributed by atoms with Gasteiger partial charge in [0.25, 0.3) is 5.56 Å². The summed E-state index contributed by atoms with van der Waals surface area (Å²) in [6.45, 7) is 3.81. The van der Waals surface area contributed by atoms with Crippen molar-refractivity contribution in [1.82, 2.24) is 4.57 Å². The number of carbonyl (C=O) groups is 1. The molecule has 0 aliphatic carbocycles. The van der Waals surface area contributed by atoms with E-state index in [0.29, 0.717) is 20.6 Å². The first-order valence-corrected chi connectivity index (χ1v) is 10.2. The van der Waals surface area contributed by atoms with Crippen molar-refractivity contribution in [2.24, 2.45) is 4.99 Å². The summed E-state index contributed by atoms with van der Waals surface area (Å²) in [5.41, 5.74) is 2.59. The summed E-state index contributed by atoms with van der Waals surface area (Å²) in [5, 5.41) is 0. The highest BCUT2D eigenvalue weighted by Gasteiger charge is 2.33. The van der Waals surface area contributed by atoms with E-state index in [2.05, 4.69) is 4.99 Å². The number of benzene rings is 2. The second-order valence-electron chi connectivity index (χ2n) is 6.62. The highest BCUT2D eigenvalue weighted by atomic mass is 32.1. The van der Waals surface area contributed by atoms with Gasteiger partial charge in [0.2, 0.25) is 0 Å². The van der Waals surface area contributed by atoms with Crippen LogP contribution in [0, 0.1) is 0 Å². The number of carbonyl (C=O) groups excluding carboxylic acids is 1. The molecule has 0 saturated carbocycles. The molecule has 0 fully saturated rings. The van der Waals surface area contributed by atoms with Crippen molar-refractivity contribution in [2.75, 3.05) is 6.61 Å². The van der Waals surface area contributed by atoms with Gasteiger partial charge in [-0.25, -0.2) is 9.79 Å². The lowest BCUT2D eigenvalue weighted by Gasteiger charge is -2.24. The lowest BCUT2D eigenvalue weighted by Crippen LogP contribution is -2.39. The van der Waals surface area contributed by atoms with E-state index in [1.165, 1.54) is 11.3 Å². The summed E-state index contributed by atoms with van der Waals surface area (Å²) in [7, 11) is 0. The molecule has 0 amide bonds. The predicted molar refractivity (Wildman–Crippen MR) is 113 cm³/mol. The van der Waals surface area contributed by atoms with E-state index in [1.54, 1.807) is 18.4 Å². The van der Waals surface area contributed by atoms with Crippen LogP contribution in [-0.2, 0) is 9.53 Å². The molecule has 1 unspecified atom stereocenters. The van der Waals surface area contributed by atoms with Gasteiger partial charge in [-0.05, 0) is 31.1 Å². The average molecular weight is 404 g/mol. The van der Waals surface area contributed by atoms with Crippen LogP contribution in [0.1, 0.15) is 31.0 Å². The third kappa shape index (κ3) is 3.59. The minimum Gasteiger partial charge on any atom is -0.463 e. The van der Waals surface area contributed by atoms with Crippen LogP contribution < -0.4 is 14.9 Å². The molecule has 1 aliphatic rings.